The van der Waals surface area contributed by atoms with Crippen LogP contribution in [0.1, 0.15) is 64.7 Å². The average molecular weight is 254 g/mol. The molecule has 100 valence electrons. The molecule has 0 aromatic carbocycles. The van der Waals surface area contributed by atoms with Gasteiger partial charge in [-0.2, -0.15) is 0 Å². The Hall–Kier alpha value is -0.243. The highest BCUT2D eigenvalue weighted by Gasteiger charge is 2.24. The molecule has 0 amide bonds. The molecule has 0 aromatic rings. The number of allylic oxidation sites excluding steroid dienone is 2. The van der Waals surface area contributed by atoms with Gasteiger partial charge in [0.15, 0.2) is 0 Å². The highest BCUT2D eigenvalue weighted by Crippen LogP contribution is 2.24. The fraction of sp³-hybridized carbons (Fsp3) is 0.867. The fourth-order valence-electron chi connectivity index (χ4n) is 2.44. The summed E-state index contributed by atoms with van der Waals surface area (Å²) in [5.74, 6) is 1.32. The Balaban J connectivity index is 2.45. The highest BCUT2D eigenvalue weighted by atomic mass is 28.4. The molecule has 0 saturated heterocycles. The third-order valence-corrected chi connectivity index (χ3v) is 5.91. The Bertz CT molecular complexity index is 233. The Morgan fingerprint density at radius 3 is 2.59 bits per heavy atom. The Morgan fingerprint density at radius 1 is 1.12 bits per heavy atom. The van der Waals surface area contributed by atoms with Crippen molar-refractivity contribution in [2.24, 2.45) is 0 Å². The van der Waals surface area contributed by atoms with Crippen molar-refractivity contribution < 1.29 is 4.43 Å². The van der Waals surface area contributed by atoms with Crippen LogP contribution in [0.4, 0.5) is 0 Å². The second kappa shape index (κ2) is 7.96. The van der Waals surface area contributed by atoms with Gasteiger partial charge in [0.05, 0.1) is 5.76 Å². The van der Waals surface area contributed by atoms with E-state index in [0.717, 1.165) is 0 Å². The number of unbranched alkanes of at least 4 members (excludes halogenated alkanes) is 1. The monoisotopic (exact) mass is 254 g/mol. The Morgan fingerprint density at radius 2 is 1.82 bits per heavy atom. The number of hydrogen-bond donors (Lipinski definition) is 0. The molecule has 0 atom stereocenters. The van der Waals surface area contributed by atoms with Crippen LogP contribution < -0.4 is 0 Å². The summed E-state index contributed by atoms with van der Waals surface area (Å²) < 4.78 is 6.37. The van der Waals surface area contributed by atoms with E-state index in [4.69, 9.17) is 4.43 Å². The molecule has 1 nitrogen and oxygen atoms in total. The molecule has 1 aliphatic rings. The first kappa shape index (κ1) is 14.8. The molecule has 0 bridgehead atoms. The summed E-state index contributed by atoms with van der Waals surface area (Å²) in [6.45, 7) is 7.01. The van der Waals surface area contributed by atoms with Crippen LogP contribution in [0.15, 0.2) is 11.8 Å². The van der Waals surface area contributed by atoms with E-state index in [9.17, 15) is 0 Å². The maximum absolute atomic E-state index is 6.37. The van der Waals surface area contributed by atoms with Crippen molar-refractivity contribution in [1.29, 1.82) is 0 Å². The van der Waals surface area contributed by atoms with Crippen molar-refractivity contribution in [3.05, 3.63) is 11.8 Å². The Labute approximate surface area is 109 Å². The summed E-state index contributed by atoms with van der Waals surface area (Å²) in [6.07, 6.45) is 14.3. The van der Waals surface area contributed by atoms with Crippen LogP contribution in [-0.2, 0) is 4.43 Å². The van der Waals surface area contributed by atoms with Gasteiger partial charge in [-0.1, -0.05) is 39.0 Å². The first-order valence-electron chi connectivity index (χ1n) is 7.52. The number of hydrogen-bond acceptors (Lipinski definition) is 1. The summed E-state index contributed by atoms with van der Waals surface area (Å²) in [5, 5.41) is 0. The van der Waals surface area contributed by atoms with E-state index >= 15 is 0 Å². The van der Waals surface area contributed by atoms with Gasteiger partial charge in [-0.05, 0) is 44.5 Å². The third kappa shape index (κ3) is 6.92. The summed E-state index contributed by atoms with van der Waals surface area (Å²) in [5.41, 5.74) is 0. The van der Waals surface area contributed by atoms with Crippen LogP contribution in [0.25, 0.3) is 0 Å². The summed E-state index contributed by atoms with van der Waals surface area (Å²) in [6, 6.07) is 1.31. The predicted molar refractivity (Wildman–Crippen MR) is 78.7 cm³/mol. The van der Waals surface area contributed by atoms with Crippen molar-refractivity contribution in [3.63, 3.8) is 0 Å². The van der Waals surface area contributed by atoms with E-state index < -0.39 is 8.32 Å². The number of rotatable bonds is 5. The van der Waals surface area contributed by atoms with E-state index in [1.807, 2.05) is 0 Å². The van der Waals surface area contributed by atoms with Crippen LogP contribution in [0, 0.1) is 0 Å². The van der Waals surface area contributed by atoms with Gasteiger partial charge in [-0.3, -0.25) is 0 Å². The van der Waals surface area contributed by atoms with E-state index in [0.29, 0.717) is 0 Å². The lowest BCUT2D eigenvalue weighted by molar-refractivity contribution is 0.384. The minimum Gasteiger partial charge on any atom is -0.547 e. The molecule has 0 aliphatic heterocycles. The first-order chi connectivity index (χ1) is 8.14. The van der Waals surface area contributed by atoms with Gasteiger partial charge in [-0.15, -0.1) is 0 Å². The predicted octanol–water partition coefficient (Wildman–Crippen LogP) is 5.64. The fourth-order valence-corrected chi connectivity index (χ4v) is 4.64. The van der Waals surface area contributed by atoms with Crippen molar-refractivity contribution in [3.8, 4) is 0 Å². The summed E-state index contributed by atoms with van der Waals surface area (Å²) in [7, 11) is -1.44. The van der Waals surface area contributed by atoms with Gasteiger partial charge in [0, 0.05) is 6.42 Å². The highest BCUT2D eigenvalue weighted by molar-refractivity contribution is 6.71. The van der Waals surface area contributed by atoms with Crippen molar-refractivity contribution in [2.75, 3.05) is 0 Å². The molecule has 0 spiro atoms. The quantitative estimate of drug-likeness (QED) is 0.577. The van der Waals surface area contributed by atoms with Gasteiger partial charge in [0.1, 0.15) is 0 Å². The van der Waals surface area contributed by atoms with Crippen LogP contribution in [0.2, 0.25) is 19.1 Å². The van der Waals surface area contributed by atoms with E-state index in [1.54, 1.807) is 0 Å². The standard InChI is InChI=1S/C15H30OSi/c1-4-5-14-17(2,3)16-15-12-10-8-6-7-9-11-13-15/h12H,4-11,13-14H2,1-3H3. The topological polar surface area (TPSA) is 9.23 Å². The van der Waals surface area contributed by atoms with Crippen molar-refractivity contribution in [2.45, 2.75) is 83.8 Å². The molecule has 0 radical (unpaired) electrons. The second-order valence-corrected chi connectivity index (χ2v) is 10.2. The van der Waals surface area contributed by atoms with Gasteiger partial charge in [0.2, 0.25) is 8.32 Å². The van der Waals surface area contributed by atoms with E-state index in [1.165, 1.54) is 69.6 Å². The second-order valence-electron chi connectivity index (χ2n) is 5.94. The van der Waals surface area contributed by atoms with Crippen LogP contribution in [0.3, 0.4) is 0 Å². The zero-order chi connectivity index (χ0) is 12.6. The van der Waals surface area contributed by atoms with Gasteiger partial charge >= 0.3 is 0 Å². The van der Waals surface area contributed by atoms with Crippen LogP contribution in [-0.4, -0.2) is 8.32 Å². The SMILES string of the molecule is CCCC[Si](C)(C)OC1=CCCCCCCC1. The molecule has 0 heterocycles. The minimum absolute atomic E-state index is 1.18. The van der Waals surface area contributed by atoms with Crippen molar-refractivity contribution >= 4 is 8.32 Å². The molecule has 0 unspecified atom stereocenters. The largest absolute Gasteiger partial charge is 0.547 e. The van der Waals surface area contributed by atoms with Gasteiger partial charge < -0.3 is 4.43 Å². The van der Waals surface area contributed by atoms with Crippen LogP contribution >= 0.6 is 0 Å². The lowest BCUT2D eigenvalue weighted by atomic mass is 10.1. The van der Waals surface area contributed by atoms with Crippen LogP contribution in [0.5, 0.6) is 0 Å². The lowest BCUT2D eigenvalue weighted by Gasteiger charge is -2.26. The molecule has 0 aromatic heterocycles. The third-order valence-electron chi connectivity index (χ3n) is 3.54. The normalized spacial score (nSPS) is 18.9. The van der Waals surface area contributed by atoms with Gasteiger partial charge in [0.25, 0.3) is 0 Å². The maximum atomic E-state index is 6.37. The van der Waals surface area contributed by atoms with Crippen molar-refractivity contribution in [1.82, 2.24) is 0 Å². The molecule has 17 heavy (non-hydrogen) atoms. The molecule has 0 saturated carbocycles. The molecular weight excluding hydrogens is 224 g/mol. The van der Waals surface area contributed by atoms with Gasteiger partial charge in [-0.25, -0.2) is 0 Å². The molecule has 0 N–H and O–H groups in total. The molecule has 2 heteroatoms. The molecule has 1 aliphatic carbocycles. The zero-order valence-corrected chi connectivity index (χ0v) is 13.1. The van der Waals surface area contributed by atoms with E-state index in [2.05, 4.69) is 26.1 Å². The minimum atomic E-state index is -1.44. The zero-order valence-electron chi connectivity index (χ0n) is 12.1. The summed E-state index contributed by atoms with van der Waals surface area (Å²) in [4.78, 5) is 0. The average Bonchev–Trinajstić information content (AvgIpc) is 2.40. The smallest absolute Gasteiger partial charge is 0.244 e. The summed E-state index contributed by atoms with van der Waals surface area (Å²) >= 11 is 0. The molecule has 0 fully saturated rings. The van der Waals surface area contributed by atoms with E-state index in [-0.39, 0.29) is 0 Å². The molecular formula is C15H30OSi. The Kier molecular flexibility index (Phi) is 6.94. The molecule has 1 rings (SSSR count). The lowest BCUT2D eigenvalue weighted by Crippen LogP contribution is -2.29. The maximum Gasteiger partial charge on any atom is 0.244 e. The first-order valence-corrected chi connectivity index (χ1v) is 10.6.